The average molecular weight is 1390 g/mol. The molecule has 4 N–H and O–H groups in total. The molecule has 9 atom stereocenters. The fourth-order valence-electron chi connectivity index (χ4n) is 10.7. The Bertz CT molecular complexity index is 3090. The van der Waals surface area contributed by atoms with Crippen molar-refractivity contribution in [3.8, 4) is 0 Å². The molecule has 0 saturated carbocycles. The molecular formula is C67H100ClF6N11O11. The highest BCUT2D eigenvalue weighted by atomic mass is 35.5. The van der Waals surface area contributed by atoms with Gasteiger partial charge in [-0.05, 0) is 119 Å². The van der Waals surface area contributed by atoms with E-state index in [1.54, 1.807) is 34.6 Å². The first-order chi connectivity index (χ1) is 44.2. The number of aryl methyl sites for hydroxylation is 1. The molecule has 0 spiro atoms. The van der Waals surface area contributed by atoms with Crippen LogP contribution in [0.25, 0.3) is 0 Å². The normalized spacial score (nSPS) is 24.0. The second kappa shape index (κ2) is 35.1. The zero-order chi connectivity index (χ0) is 73.6. The molecule has 0 unspecified atom stereocenters. The maximum absolute atomic E-state index is 14.9. The molecule has 29 heteroatoms. The van der Waals surface area contributed by atoms with Crippen LogP contribution in [-0.4, -0.2) is 216 Å². The summed E-state index contributed by atoms with van der Waals surface area (Å²) in [5.74, 6) is -9.83. The molecule has 1 saturated heterocycles. The predicted molar refractivity (Wildman–Crippen MR) is 350 cm³/mol. The zero-order valence-corrected chi connectivity index (χ0v) is 59.6. The van der Waals surface area contributed by atoms with E-state index in [0.29, 0.717) is 6.42 Å². The van der Waals surface area contributed by atoms with Gasteiger partial charge in [0.25, 0.3) is 0 Å². The molecule has 0 aliphatic carbocycles. The second-order valence-electron chi connectivity index (χ2n) is 27.2. The number of likely N-dealkylation sites (N-methyl/N-ethyl adjacent to an activating group) is 7. The van der Waals surface area contributed by atoms with Gasteiger partial charge in [-0.2, -0.15) is 26.3 Å². The predicted octanol–water partition coefficient (Wildman–Crippen LogP) is 6.58. The second-order valence-corrected chi connectivity index (χ2v) is 27.6. The van der Waals surface area contributed by atoms with E-state index >= 15 is 0 Å². The van der Waals surface area contributed by atoms with Gasteiger partial charge in [-0.15, -0.1) is 0 Å². The molecule has 1 fully saturated rings. The van der Waals surface area contributed by atoms with Gasteiger partial charge in [0.1, 0.15) is 47.8 Å². The maximum atomic E-state index is 14.9. The third-order valence-electron chi connectivity index (χ3n) is 17.9. The topological polar surface area (TPSA) is 259 Å². The molecule has 3 rings (SSSR count). The minimum atomic E-state index is -4.81. The van der Waals surface area contributed by atoms with E-state index in [9.17, 15) is 79.1 Å². The number of amides is 11. The summed E-state index contributed by atoms with van der Waals surface area (Å²) in [6.45, 7) is 18.7. The van der Waals surface area contributed by atoms with Crippen molar-refractivity contribution in [2.75, 3.05) is 62.4 Å². The van der Waals surface area contributed by atoms with Gasteiger partial charge in [-0.3, -0.25) is 52.7 Å². The Labute approximate surface area is 565 Å². The van der Waals surface area contributed by atoms with Gasteiger partial charge in [0, 0.05) is 68.2 Å². The first kappa shape index (κ1) is 82.7. The number of halogens is 7. The fraction of sp³-hybridized carbons (Fsp3) is 0.657. The van der Waals surface area contributed by atoms with Crippen LogP contribution in [0.4, 0.5) is 26.3 Å². The molecule has 22 nitrogen and oxygen atoms in total. The average Bonchev–Trinajstić information content (AvgIpc) is 0.830. The van der Waals surface area contributed by atoms with Crippen molar-refractivity contribution >= 4 is 76.6 Å². The molecule has 0 radical (unpaired) electrons. The Morgan fingerprint density at radius 2 is 1.05 bits per heavy atom. The Morgan fingerprint density at radius 1 is 0.542 bits per heavy atom. The first-order valence-electron chi connectivity index (χ1n) is 32.2. The van der Waals surface area contributed by atoms with E-state index in [-0.39, 0.29) is 67.4 Å². The molecule has 1 aliphatic rings. The summed E-state index contributed by atoms with van der Waals surface area (Å²) in [6, 6.07) is -3.89. The highest BCUT2D eigenvalue weighted by Crippen LogP contribution is 2.36. The van der Waals surface area contributed by atoms with Crippen molar-refractivity contribution in [1.29, 1.82) is 0 Å². The highest BCUT2D eigenvalue weighted by Gasteiger charge is 2.44. The lowest BCUT2D eigenvalue weighted by Crippen LogP contribution is -2.63. The van der Waals surface area contributed by atoms with E-state index < -0.39 is 173 Å². The SMILES string of the molecule is CC[C@H](C)[C@@H]1NC(=O)[C@H](CC(C)C)N(C)C(=O)C[C@@H](C)N(C)C(=O)[C@H](CC(C)C)NC(=O)C(C)(C)N(C)C(=O)[C@H](CC(C)C)NC(=O)[C@H](CCc2ccc(C(F)(F)F)c(Cl)c2)NC(=O)[C@@H](C)N(C)C(=O)[C@H](Cc2ccc(C(F)(F)F)cc2)N(C)C(=O)CN(C)C(=O)CN(C)C1=O. The molecule has 0 bridgehead atoms. The standard InChI is InChI=1S/C67H100ClF6N11O11/c1-20-40(8)56-63(95)80(14)35-54(87)79(13)36-55(88)84(18)52(34-44-21-25-45(26-22-44)66(69,70)71)62(94)82(16)42(10)57(89)75-48(28-24-43-23-27-46(47(68)33-43)67(72,73)74)58(90)76-50(30-38(4)5)61(93)85(19)65(11,12)64(96)77-49(29-37(2)3)60(92)81(15)41(9)32-53(86)83(17)51(31-39(6)7)59(91)78-56/h21-23,25-27,33,37-42,48-52,56H,20,24,28-32,34-36H2,1-19H3,(H,75,89)(H,76,90)(H,77,96)(H,78,91)/t40-,41+,42+,48-,49-,50-,51-,52-,56-/m0/s1. The van der Waals surface area contributed by atoms with Gasteiger partial charge >= 0.3 is 12.4 Å². The molecule has 1 heterocycles. The third-order valence-corrected chi connectivity index (χ3v) is 18.2. The summed E-state index contributed by atoms with van der Waals surface area (Å²) in [5.41, 5.74) is -3.58. The molecule has 1 aliphatic heterocycles. The number of alkyl halides is 6. The van der Waals surface area contributed by atoms with Crippen molar-refractivity contribution in [1.82, 2.24) is 55.6 Å². The summed E-state index contributed by atoms with van der Waals surface area (Å²) in [6.07, 6.45) is -10.3. The largest absolute Gasteiger partial charge is 0.417 e. The summed E-state index contributed by atoms with van der Waals surface area (Å²) >= 11 is 6.08. The van der Waals surface area contributed by atoms with Crippen LogP contribution >= 0.6 is 11.6 Å². The quantitative estimate of drug-likeness (QED) is 0.156. The number of hydrogen-bond acceptors (Lipinski definition) is 11. The minimum Gasteiger partial charge on any atom is -0.343 e. The van der Waals surface area contributed by atoms with Crippen LogP contribution in [0.3, 0.4) is 0 Å². The van der Waals surface area contributed by atoms with Crippen LogP contribution in [0.5, 0.6) is 0 Å². The van der Waals surface area contributed by atoms with Crippen molar-refractivity contribution in [2.45, 2.75) is 201 Å². The first-order valence-corrected chi connectivity index (χ1v) is 32.6. The monoisotopic (exact) mass is 1380 g/mol. The summed E-state index contributed by atoms with van der Waals surface area (Å²) < 4.78 is 82.6. The number of nitrogens with one attached hydrogen (secondary N) is 4. The Kier molecular flexibility index (Phi) is 30.3. The Hall–Kier alpha value is -7.52. The number of carbonyl (C=O) groups excluding carboxylic acids is 11. The van der Waals surface area contributed by atoms with E-state index in [0.717, 1.165) is 67.0 Å². The van der Waals surface area contributed by atoms with Crippen molar-refractivity contribution in [3.63, 3.8) is 0 Å². The van der Waals surface area contributed by atoms with Crippen LogP contribution < -0.4 is 21.3 Å². The Balaban J connectivity index is 2.30. The van der Waals surface area contributed by atoms with Gasteiger partial charge in [-0.1, -0.05) is 91.6 Å². The molecular weight excluding hydrogens is 1280 g/mol. The molecule has 2 aromatic carbocycles. The lowest BCUT2D eigenvalue weighted by atomic mass is 9.95. The highest BCUT2D eigenvalue weighted by molar-refractivity contribution is 6.31. The number of hydrogen-bond donors (Lipinski definition) is 4. The van der Waals surface area contributed by atoms with Gasteiger partial charge in [0.05, 0.1) is 29.2 Å². The van der Waals surface area contributed by atoms with Crippen LogP contribution in [-0.2, 0) is 77.9 Å². The number of rotatable bonds is 13. The van der Waals surface area contributed by atoms with Crippen LogP contribution in [0, 0.1) is 23.7 Å². The van der Waals surface area contributed by atoms with Crippen molar-refractivity contribution < 1.29 is 79.1 Å². The molecule has 538 valence electrons. The summed E-state index contributed by atoms with van der Waals surface area (Å²) in [4.78, 5) is 167. The van der Waals surface area contributed by atoms with Crippen molar-refractivity contribution in [2.24, 2.45) is 23.7 Å². The molecule has 96 heavy (non-hydrogen) atoms. The lowest BCUT2D eigenvalue weighted by molar-refractivity contribution is -0.149. The van der Waals surface area contributed by atoms with Crippen LogP contribution in [0.15, 0.2) is 42.5 Å². The number of benzene rings is 2. The van der Waals surface area contributed by atoms with E-state index in [2.05, 4.69) is 21.3 Å². The number of carbonyl (C=O) groups is 11. The van der Waals surface area contributed by atoms with Crippen LogP contribution in [0.1, 0.15) is 144 Å². The minimum absolute atomic E-state index is 0.0464. The van der Waals surface area contributed by atoms with Gasteiger partial charge in [0.2, 0.25) is 65.0 Å². The van der Waals surface area contributed by atoms with E-state index in [1.807, 2.05) is 27.7 Å². The van der Waals surface area contributed by atoms with E-state index in [1.165, 1.54) is 79.9 Å². The molecule has 2 aromatic rings. The summed E-state index contributed by atoms with van der Waals surface area (Å²) in [5, 5.41) is 10.3. The molecule has 0 aromatic heterocycles. The smallest absolute Gasteiger partial charge is 0.343 e. The van der Waals surface area contributed by atoms with E-state index in [4.69, 9.17) is 11.6 Å². The molecule has 11 amide bonds. The Morgan fingerprint density at radius 3 is 1.56 bits per heavy atom. The maximum Gasteiger partial charge on any atom is 0.417 e. The summed E-state index contributed by atoms with van der Waals surface area (Å²) in [7, 11) is 9.16. The van der Waals surface area contributed by atoms with Crippen molar-refractivity contribution in [3.05, 3.63) is 69.7 Å². The van der Waals surface area contributed by atoms with Gasteiger partial charge in [-0.25, -0.2) is 0 Å². The fourth-order valence-corrected chi connectivity index (χ4v) is 11.0. The van der Waals surface area contributed by atoms with Gasteiger partial charge in [0.15, 0.2) is 0 Å². The lowest BCUT2D eigenvalue weighted by Gasteiger charge is -2.39. The van der Waals surface area contributed by atoms with Crippen LogP contribution in [0.2, 0.25) is 5.02 Å². The van der Waals surface area contributed by atoms with Gasteiger partial charge < -0.3 is 55.6 Å². The third kappa shape index (κ3) is 22.8. The zero-order valence-electron chi connectivity index (χ0n) is 58.8. The number of nitrogens with zero attached hydrogens (tertiary/aromatic N) is 7.